The molecule has 0 aromatic heterocycles. The summed E-state index contributed by atoms with van der Waals surface area (Å²) in [5.41, 5.74) is -0.624. The zero-order chi connectivity index (χ0) is 15.2. The standard InChI is InChI=1S/C14H30N4O2/c1-14(15-2,13(19)20-5)12-18-10-8-17(9-11-18)7-6-16(3)4/h15H,6-12H2,1-5H3. The molecule has 0 amide bonds. The maximum absolute atomic E-state index is 11.9. The number of hydrogen-bond donors (Lipinski definition) is 1. The summed E-state index contributed by atoms with van der Waals surface area (Å²) in [7, 11) is 7.46. The van der Waals surface area contributed by atoms with Crippen LogP contribution in [0.3, 0.4) is 0 Å². The van der Waals surface area contributed by atoms with Crippen molar-refractivity contribution in [2.45, 2.75) is 12.5 Å². The molecular weight excluding hydrogens is 256 g/mol. The van der Waals surface area contributed by atoms with E-state index in [4.69, 9.17) is 4.74 Å². The molecule has 0 aliphatic carbocycles. The molecule has 1 atom stereocenters. The van der Waals surface area contributed by atoms with E-state index in [2.05, 4.69) is 34.1 Å². The van der Waals surface area contributed by atoms with Gasteiger partial charge in [0.25, 0.3) is 0 Å². The van der Waals surface area contributed by atoms with Gasteiger partial charge in [0.15, 0.2) is 0 Å². The van der Waals surface area contributed by atoms with Gasteiger partial charge >= 0.3 is 5.97 Å². The molecule has 1 aliphatic heterocycles. The average Bonchev–Trinajstić information content (AvgIpc) is 2.45. The second-order valence-electron chi connectivity index (χ2n) is 5.99. The van der Waals surface area contributed by atoms with Gasteiger partial charge in [-0.25, -0.2) is 0 Å². The number of carbonyl (C=O) groups is 1. The number of hydrogen-bond acceptors (Lipinski definition) is 6. The van der Waals surface area contributed by atoms with Gasteiger partial charge in [0.05, 0.1) is 7.11 Å². The molecule has 0 aromatic carbocycles. The number of piperazine rings is 1. The Balaban J connectivity index is 2.39. The van der Waals surface area contributed by atoms with E-state index in [1.54, 1.807) is 0 Å². The van der Waals surface area contributed by atoms with Crippen molar-refractivity contribution in [3.8, 4) is 0 Å². The van der Waals surface area contributed by atoms with Crippen LogP contribution < -0.4 is 5.32 Å². The molecule has 1 saturated heterocycles. The molecule has 0 aromatic rings. The molecular formula is C14H30N4O2. The molecule has 0 spiro atoms. The van der Waals surface area contributed by atoms with Crippen LogP contribution in [0.15, 0.2) is 0 Å². The number of ether oxygens (including phenoxy) is 1. The Morgan fingerprint density at radius 3 is 2.25 bits per heavy atom. The van der Waals surface area contributed by atoms with E-state index in [0.717, 1.165) is 39.3 Å². The van der Waals surface area contributed by atoms with Crippen LogP contribution in [0.4, 0.5) is 0 Å². The molecule has 6 heteroatoms. The minimum absolute atomic E-state index is 0.199. The topological polar surface area (TPSA) is 48.0 Å². The predicted octanol–water partition coefficient (Wildman–Crippen LogP) is -0.683. The first-order chi connectivity index (χ1) is 9.41. The maximum Gasteiger partial charge on any atom is 0.327 e. The van der Waals surface area contributed by atoms with Gasteiger partial charge < -0.3 is 15.0 Å². The monoisotopic (exact) mass is 286 g/mol. The van der Waals surface area contributed by atoms with Gasteiger partial charge in [-0.05, 0) is 28.1 Å². The minimum atomic E-state index is -0.624. The average molecular weight is 286 g/mol. The normalized spacial score (nSPS) is 20.9. The van der Waals surface area contributed by atoms with Gasteiger partial charge in [-0.3, -0.25) is 14.6 Å². The number of carbonyl (C=O) groups excluding carboxylic acids is 1. The highest BCUT2D eigenvalue weighted by molar-refractivity contribution is 5.80. The molecule has 1 aliphatic rings. The third-order valence-corrected chi connectivity index (χ3v) is 4.06. The molecule has 1 N–H and O–H groups in total. The quantitative estimate of drug-likeness (QED) is 0.626. The number of nitrogens with one attached hydrogen (secondary N) is 1. The second-order valence-corrected chi connectivity index (χ2v) is 5.99. The Morgan fingerprint density at radius 2 is 1.80 bits per heavy atom. The zero-order valence-corrected chi connectivity index (χ0v) is 13.6. The molecule has 0 bridgehead atoms. The molecule has 1 fully saturated rings. The largest absolute Gasteiger partial charge is 0.468 e. The van der Waals surface area contributed by atoms with Crippen LogP contribution in [0, 0.1) is 0 Å². The number of esters is 1. The summed E-state index contributed by atoms with van der Waals surface area (Å²) in [6.45, 7) is 8.93. The summed E-state index contributed by atoms with van der Waals surface area (Å²) in [5, 5.41) is 3.09. The lowest BCUT2D eigenvalue weighted by molar-refractivity contribution is -0.148. The van der Waals surface area contributed by atoms with E-state index in [9.17, 15) is 4.79 Å². The van der Waals surface area contributed by atoms with Crippen LogP contribution >= 0.6 is 0 Å². The van der Waals surface area contributed by atoms with Crippen molar-refractivity contribution in [1.82, 2.24) is 20.0 Å². The van der Waals surface area contributed by atoms with Gasteiger partial charge in [0.1, 0.15) is 5.54 Å². The Hall–Kier alpha value is -0.690. The summed E-state index contributed by atoms with van der Waals surface area (Å²) in [6, 6.07) is 0. The summed E-state index contributed by atoms with van der Waals surface area (Å²) in [4.78, 5) is 18.9. The smallest absolute Gasteiger partial charge is 0.327 e. The van der Waals surface area contributed by atoms with Crippen molar-refractivity contribution in [2.24, 2.45) is 0 Å². The van der Waals surface area contributed by atoms with E-state index in [1.165, 1.54) is 7.11 Å². The summed E-state index contributed by atoms with van der Waals surface area (Å²) in [5.74, 6) is -0.199. The molecule has 1 rings (SSSR count). The summed E-state index contributed by atoms with van der Waals surface area (Å²) in [6.07, 6.45) is 0. The van der Waals surface area contributed by atoms with Gasteiger partial charge in [0, 0.05) is 45.8 Å². The second kappa shape index (κ2) is 7.93. The molecule has 0 radical (unpaired) electrons. The lowest BCUT2D eigenvalue weighted by Crippen LogP contribution is -2.59. The fraction of sp³-hybridized carbons (Fsp3) is 0.929. The number of rotatable bonds is 7. The van der Waals surface area contributed by atoms with Crippen LogP contribution in [0.2, 0.25) is 0 Å². The Labute approximate surface area is 123 Å². The highest BCUT2D eigenvalue weighted by atomic mass is 16.5. The highest BCUT2D eigenvalue weighted by Crippen LogP contribution is 2.11. The number of methoxy groups -OCH3 is 1. The van der Waals surface area contributed by atoms with Gasteiger partial charge in [-0.2, -0.15) is 0 Å². The number of nitrogens with zero attached hydrogens (tertiary/aromatic N) is 3. The van der Waals surface area contributed by atoms with E-state index < -0.39 is 5.54 Å². The maximum atomic E-state index is 11.9. The number of likely N-dealkylation sites (N-methyl/N-ethyl adjacent to an activating group) is 2. The predicted molar refractivity (Wildman–Crippen MR) is 80.9 cm³/mol. The fourth-order valence-corrected chi connectivity index (χ4v) is 2.43. The van der Waals surface area contributed by atoms with Crippen molar-refractivity contribution >= 4 is 5.97 Å². The van der Waals surface area contributed by atoms with Crippen molar-refractivity contribution in [1.29, 1.82) is 0 Å². The molecule has 6 nitrogen and oxygen atoms in total. The van der Waals surface area contributed by atoms with E-state index >= 15 is 0 Å². The lowest BCUT2D eigenvalue weighted by Gasteiger charge is -2.39. The molecule has 1 unspecified atom stereocenters. The third-order valence-electron chi connectivity index (χ3n) is 4.06. The first-order valence-electron chi connectivity index (χ1n) is 7.28. The van der Waals surface area contributed by atoms with Gasteiger partial charge in [0.2, 0.25) is 0 Å². The minimum Gasteiger partial charge on any atom is -0.468 e. The van der Waals surface area contributed by atoms with E-state index in [-0.39, 0.29) is 5.97 Å². The van der Waals surface area contributed by atoms with Crippen molar-refractivity contribution in [3.63, 3.8) is 0 Å². The zero-order valence-electron chi connectivity index (χ0n) is 13.6. The molecule has 0 saturated carbocycles. The van der Waals surface area contributed by atoms with Crippen molar-refractivity contribution < 1.29 is 9.53 Å². The Morgan fingerprint density at radius 1 is 1.25 bits per heavy atom. The Kier molecular flexibility index (Phi) is 6.88. The van der Waals surface area contributed by atoms with E-state index in [0.29, 0.717) is 6.54 Å². The highest BCUT2D eigenvalue weighted by Gasteiger charge is 2.35. The molecule has 20 heavy (non-hydrogen) atoms. The Bertz CT molecular complexity index is 304. The first-order valence-corrected chi connectivity index (χ1v) is 7.28. The molecule has 118 valence electrons. The van der Waals surface area contributed by atoms with Crippen LogP contribution in [0.25, 0.3) is 0 Å². The van der Waals surface area contributed by atoms with Gasteiger partial charge in [-0.1, -0.05) is 0 Å². The SMILES string of the molecule is CNC(C)(CN1CCN(CCN(C)C)CC1)C(=O)OC. The van der Waals surface area contributed by atoms with Crippen LogP contribution in [0.1, 0.15) is 6.92 Å². The first kappa shape index (κ1) is 17.4. The van der Waals surface area contributed by atoms with Crippen LogP contribution in [0.5, 0.6) is 0 Å². The van der Waals surface area contributed by atoms with E-state index in [1.807, 2.05) is 14.0 Å². The van der Waals surface area contributed by atoms with Crippen molar-refractivity contribution in [3.05, 3.63) is 0 Å². The van der Waals surface area contributed by atoms with Gasteiger partial charge in [-0.15, -0.1) is 0 Å². The fourth-order valence-electron chi connectivity index (χ4n) is 2.43. The van der Waals surface area contributed by atoms with Crippen LogP contribution in [-0.2, 0) is 9.53 Å². The van der Waals surface area contributed by atoms with Crippen LogP contribution in [-0.4, -0.2) is 100 Å². The lowest BCUT2D eigenvalue weighted by atomic mass is 10.0. The summed E-state index contributed by atoms with van der Waals surface area (Å²) < 4.78 is 4.89. The summed E-state index contributed by atoms with van der Waals surface area (Å²) >= 11 is 0. The third kappa shape index (κ3) is 5.01. The molecule has 1 heterocycles. The van der Waals surface area contributed by atoms with Crippen molar-refractivity contribution in [2.75, 3.05) is 74.1 Å².